The van der Waals surface area contributed by atoms with Crippen LogP contribution in [0, 0.1) is 0 Å². The molecule has 0 aliphatic rings. The van der Waals surface area contributed by atoms with Crippen LogP contribution in [0.25, 0.3) is 0 Å². The van der Waals surface area contributed by atoms with Gasteiger partial charge in [0.15, 0.2) is 0 Å². The van der Waals surface area contributed by atoms with E-state index in [1.807, 2.05) is 0 Å². The molecular formula is C10H11FO5S. The van der Waals surface area contributed by atoms with Gasteiger partial charge in [0.25, 0.3) is 10.1 Å². The van der Waals surface area contributed by atoms with E-state index in [-0.39, 0.29) is 11.1 Å². The minimum absolute atomic E-state index is 0.0776. The molecule has 0 heterocycles. The molecule has 0 aromatic heterocycles. The zero-order chi connectivity index (χ0) is 13.1. The fourth-order valence-corrected chi connectivity index (χ4v) is 1.61. The van der Waals surface area contributed by atoms with E-state index >= 15 is 0 Å². The fourth-order valence-electron chi connectivity index (χ4n) is 1.20. The Bertz CT molecular complexity index is 511. The van der Waals surface area contributed by atoms with E-state index in [2.05, 4.69) is 8.92 Å². The summed E-state index contributed by atoms with van der Waals surface area (Å²) in [4.78, 5) is 11.3. The van der Waals surface area contributed by atoms with Gasteiger partial charge in [-0.25, -0.2) is 13.4 Å². The first-order chi connectivity index (χ1) is 7.85. The van der Waals surface area contributed by atoms with Crippen molar-refractivity contribution < 1.29 is 26.5 Å². The second-order valence-corrected chi connectivity index (χ2v) is 4.80. The lowest BCUT2D eigenvalue weighted by Gasteiger charge is -2.11. The van der Waals surface area contributed by atoms with Gasteiger partial charge >= 0.3 is 5.97 Å². The molecule has 0 aliphatic carbocycles. The van der Waals surface area contributed by atoms with Crippen LogP contribution in [0.2, 0.25) is 0 Å². The van der Waals surface area contributed by atoms with Crippen LogP contribution in [0.1, 0.15) is 22.3 Å². The largest absolute Gasteiger partial charge is 0.465 e. The molecule has 0 saturated carbocycles. The highest BCUT2D eigenvalue weighted by atomic mass is 32.2. The third kappa shape index (κ3) is 3.79. The Kier molecular flexibility index (Phi) is 4.19. The van der Waals surface area contributed by atoms with Gasteiger partial charge in [0.1, 0.15) is 0 Å². The van der Waals surface area contributed by atoms with Crippen LogP contribution < -0.4 is 0 Å². The summed E-state index contributed by atoms with van der Waals surface area (Å²) >= 11 is 0. The molecule has 0 N–H and O–H groups in total. The van der Waals surface area contributed by atoms with Crippen LogP contribution in [0.15, 0.2) is 24.3 Å². The fraction of sp³-hybridized carbons (Fsp3) is 0.300. The van der Waals surface area contributed by atoms with Crippen LogP contribution in [0.5, 0.6) is 0 Å². The average molecular weight is 262 g/mol. The highest BCUT2D eigenvalue weighted by Crippen LogP contribution is 2.24. The second kappa shape index (κ2) is 5.24. The first-order valence-electron chi connectivity index (χ1n) is 4.54. The topological polar surface area (TPSA) is 69.7 Å². The van der Waals surface area contributed by atoms with Crippen LogP contribution in [-0.4, -0.2) is 27.8 Å². The van der Waals surface area contributed by atoms with Crippen molar-refractivity contribution in [2.75, 3.05) is 13.4 Å². The molecule has 1 atom stereocenters. The molecule has 1 aromatic carbocycles. The number of halogens is 1. The van der Waals surface area contributed by atoms with E-state index in [0.717, 1.165) is 13.4 Å². The number of ether oxygens (including phenoxy) is 1. The molecule has 0 spiro atoms. The van der Waals surface area contributed by atoms with E-state index in [1.54, 1.807) is 0 Å². The van der Waals surface area contributed by atoms with Gasteiger partial charge in [0, 0.05) is 5.56 Å². The molecule has 0 saturated heterocycles. The van der Waals surface area contributed by atoms with Gasteiger partial charge in [-0.3, -0.25) is 0 Å². The van der Waals surface area contributed by atoms with Gasteiger partial charge in [-0.05, 0) is 6.07 Å². The summed E-state index contributed by atoms with van der Waals surface area (Å²) in [6.45, 7) is 0. The molecular weight excluding hydrogens is 251 g/mol. The van der Waals surface area contributed by atoms with E-state index in [0.29, 0.717) is 0 Å². The number of methoxy groups -OCH3 is 1. The minimum atomic E-state index is -3.95. The normalized spacial score (nSPS) is 13.1. The zero-order valence-electron chi connectivity index (χ0n) is 9.21. The molecule has 17 heavy (non-hydrogen) atoms. The monoisotopic (exact) mass is 262 g/mol. The number of hydrogen-bond acceptors (Lipinski definition) is 5. The summed E-state index contributed by atoms with van der Waals surface area (Å²) in [6, 6.07) is 5.53. The Labute approximate surface area is 98.3 Å². The van der Waals surface area contributed by atoms with Gasteiger partial charge in [0.05, 0.1) is 18.9 Å². The van der Waals surface area contributed by atoms with Crippen molar-refractivity contribution >= 4 is 16.1 Å². The number of benzene rings is 1. The van der Waals surface area contributed by atoms with Crippen molar-refractivity contribution in [2.45, 2.75) is 6.36 Å². The molecule has 0 amide bonds. The van der Waals surface area contributed by atoms with Gasteiger partial charge in [0.2, 0.25) is 6.36 Å². The molecule has 0 aliphatic heterocycles. The lowest BCUT2D eigenvalue weighted by Crippen LogP contribution is -2.12. The number of carbonyl (C=O) groups is 1. The predicted octanol–water partition coefficient (Wildman–Crippen LogP) is 1.42. The molecule has 94 valence electrons. The Morgan fingerprint density at radius 3 is 2.47 bits per heavy atom. The van der Waals surface area contributed by atoms with Crippen LogP contribution in [-0.2, 0) is 19.0 Å². The average Bonchev–Trinajstić information content (AvgIpc) is 2.25. The lowest BCUT2D eigenvalue weighted by atomic mass is 10.1. The Morgan fingerprint density at radius 2 is 1.94 bits per heavy atom. The SMILES string of the molecule is COC(=O)c1ccccc1[C@H](F)OS(C)(=O)=O. The molecule has 0 unspecified atom stereocenters. The predicted molar refractivity (Wildman–Crippen MR) is 57.6 cm³/mol. The third-order valence-electron chi connectivity index (χ3n) is 1.87. The second-order valence-electron chi connectivity index (χ2n) is 3.20. The van der Waals surface area contributed by atoms with E-state index in [1.165, 1.54) is 24.3 Å². The van der Waals surface area contributed by atoms with Crippen molar-refractivity contribution in [1.29, 1.82) is 0 Å². The number of rotatable bonds is 4. The smallest absolute Gasteiger partial charge is 0.338 e. The first-order valence-corrected chi connectivity index (χ1v) is 6.36. The highest BCUT2D eigenvalue weighted by molar-refractivity contribution is 7.85. The zero-order valence-corrected chi connectivity index (χ0v) is 10.0. The van der Waals surface area contributed by atoms with Gasteiger partial charge < -0.3 is 4.74 Å². The molecule has 1 rings (SSSR count). The quantitative estimate of drug-likeness (QED) is 0.606. The van der Waals surface area contributed by atoms with Crippen LogP contribution in [0.3, 0.4) is 0 Å². The third-order valence-corrected chi connectivity index (χ3v) is 2.39. The van der Waals surface area contributed by atoms with E-state index < -0.39 is 22.4 Å². The molecule has 1 aromatic rings. The maximum atomic E-state index is 13.6. The van der Waals surface area contributed by atoms with Crippen molar-refractivity contribution in [2.24, 2.45) is 0 Å². The lowest BCUT2D eigenvalue weighted by molar-refractivity contribution is 0.0552. The number of esters is 1. The van der Waals surface area contributed by atoms with Crippen molar-refractivity contribution in [3.05, 3.63) is 35.4 Å². The van der Waals surface area contributed by atoms with Gasteiger partial charge in [-0.1, -0.05) is 18.2 Å². The van der Waals surface area contributed by atoms with Gasteiger partial charge in [-0.2, -0.15) is 8.42 Å². The summed E-state index contributed by atoms with van der Waals surface area (Å²) in [5.41, 5.74) is -0.268. The first kappa shape index (κ1) is 13.6. The Hall–Kier alpha value is -1.47. The molecule has 0 bridgehead atoms. The molecule has 5 nitrogen and oxygen atoms in total. The van der Waals surface area contributed by atoms with Crippen molar-refractivity contribution in [1.82, 2.24) is 0 Å². The standard InChI is InChI=1S/C10H11FO5S/c1-15-10(12)8-6-4-3-5-7(8)9(11)16-17(2,13)14/h3-6,9H,1-2H3/t9-/m1/s1. The molecule has 7 heteroatoms. The summed E-state index contributed by atoms with van der Waals surface area (Å²) < 4.78 is 43.8. The summed E-state index contributed by atoms with van der Waals surface area (Å²) in [5.74, 6) is -0.764. The van der Waals surface area contributed by atoms with Gasteiger partial charge in [-0.15, -0.1) is 0 Å². The van der Waals surface area contributed by atoms with E-state index in [4.69, 9.17) is 0 Å². The van der Waals surface area contributed by atoms with E-state index in [9.17, 15) is 17.6 Å². The van der Waals surface area contributed by atoms with Crippen molar-refractivity contribution in [3.63, 3.8) is 0 Å². The van der Waals surface area contributed by atoms with Crippen LogP contribution >= 0.6 is 0 Å². The Balaban J connectivity index is 3.09. The van der Waals surface area contributed by atoms with Crippen molar-refractivity contribution in [3.8, 4) is 0 Å². The summed E-state index contributed by atoms with van der Waals surface area (Å²) in [6.07, 6.45) is -1.51. The molecule has 0 fully saturated rings. The maximum absolute atomic E-state index is 13.6. The maximum Gasteiger partial charge on any atom is 0.338 e. The number of hydrogen-bond donors (Lipinski definition) is 0. The summed E-state index contributed by atoms with van der Waals surface area (Å²) in [7, 11) is -2.81. The minimum Gasteiger partial charge on any atom is -0.465 e. The number of alkyl halides is 1. The highest BCUT2D eigenvalue weighted by Gasteiger charge is 2.22. The summed E-state index contributed by atoms with van der Waals surface area (Å²) in [5, 5.41) is 0. The van der Waals surface area contributed by atoms with Crippen LogP contribution in [0.4, 0.5) is 4.39 Å². The molecule has 0 radical (unpaired) electrons. The Morgan fingerprint density at radius 1 is 1.35 bits per heavy atom. The number of carbonyl (C=O) groups excluding carboxylic acids is 1.